The Morgan fingerprint density at radius 1 is 1.27 bits per heavy atom. The number of amides is 3. The summed E-state index contributed by atoms with van der Waals surface area (Å²) >= 11 is 3.36. The number of carbonyl (C=O) groups is 3. The van der Waals surface area contributed by atoms with Crippen molar-refractivity contribution in [3.63, 3.8) is 0 Å². The van der Waals surface area contributed by atoms with Crippen molar-refractivity contribution in [1.82, 2.24) is 9.80 Å². The Balaban J connectivity index is 1.86. The lowest BCUT2D eigenvalue weighted by Gasteiger charge is -2.32. The van der Waals surface area contributed by atoms with Gasteiger partial charge in [-0.05, 0) is 30.7 Å². The zero-order chi connectivity index (χ0) is 16.1. The smallest absolute Gasteiger partial charge is 0.233 e. The van der Waals surface area contributed by atoms with Gasteiger partial charge in [0.2, 0.25) is 18.2 Å². The molecule has 0 unspecified atom stereocenters. The maximum atomic E-state index is 12.1. The van der Waals surface area contributed by atoms with Crippen LogP contribution in [0.5, 0.6) is 0 Å². The van der Waals surface area contributed by atoms with E-state index in [4.69, 9.17) is 0 Å². The lowest BCUT2D eigenvalue weighted by atomic mass is 10.2. The minimum Gasteiger partial charge on any atom is -0.342 e. The molecule has 0 bridgehead atoms. The Hall–Kier alpha value is -1.89. The first-order chi connectivity index (χ1) is 10.5. The van der Waals surface area contributed by atoms with Crippen LogP contribution in [0.2, 0.25) is 0 Å². The van der Waals surface area contributed by atoms with E-state index in [2.05, 4.69) is 21.2 Å². The van der Waals surface area contributed by atoms with Gasteiger partial charge in [0, 0.05) is 36.3 Å². The molecule has 22 heavy (non-hydrogen) atoms. The third-order valence-corrected chi connectivity index (χ3v) is 4.08. The fourth-order valence-corrected chi connectivity index (χ4v) is 2.76. The van der Waals surface area contributed by atoms with Crippen molar-refractivity contribution < 1.29 is 14.4 Å². The van der Waals surface area contributed by atoms with E-state index >= 15 is 0 Å². The Labute approximate surface area is 137 Å². The molecule has 1 N–H and O–H groups in total. The summed E-state index contributed by atoms with van der Waals surface area (Å²) in [6, 6.07) is 5.53. The van der Waals surface area contributed by atoms with Crippen LogP contribution in [0, 0.1) is 6.92 Å². The summed E-state index contributed by atoms with van der Waals surface area (Å²) in [7, 11) is 0. The van der Waals surface area contributed by atoms with Gasteiger partial charge in [-0.1, -0.05) is 15.9 Å². The number of piperazine rings is 1. The number of anilines is 1. The summed E-state index contributed by atoms with van der Waals surface area (Å²) in [5, 5.41) is 2.75. The van der Waals surface area contributed by atoms with E-state index in [1.54, 1.807) is 15.9 Å². The second-order valence-electron chi connectivity index (χ2n) is 5.21. The first kappa shape index (κ1) is 16.5. The van der Waals surface area contributed by atoms with Crippen molar-refractivity contribution >= 4 is 39.8 Å². The molecule has 6 nitrogen and oxygen atoms in total. The third-order valence-electron chi connectivity index (χ3n) is 3.59. The Bertz CT molecular complexity index is 583. The van der Waals surface area contributed by atoms with Gasteiger partial charge < -0.3 is 15.1 Å². The molecular weight excluding hydrogens is 350 g/mol. The van der Waals surface area contributed by atoms with Gasteiger partial charge in [0.15, 0.2) is 0 Å². The van der Waals surface area contributed by atoms with Gasteiger partial charge in [0.1, 0.15) is 6.42 Å². The molecule has 2 rings (SSSR count). The number of benzene rings is 1. The van der Waals surface area contributed by atoms with Crippen molar-refractivity contribution in [3.8, 4) is 0 Å². The summed E-state index contributed by atoms with van der Waals surface area (Å²) in [5.74, 6) is -0.536. The van der Waals surface area contributed by atoms with E-state index in [0.717, 1.165) is 16.4 Å². The molecule has 1 aromatic carbocycles. The molecule has 0 aliphatic carbocycles. The summed E-state index contributed by atoms with van der Waals surface area (Å²) in [6.07, 6.45) is 0.599. The summed E-state index contributed by atoms with van der Waals surface area (Å²) in [5.41, 5.74) is 1.63. The van der Waals surface area contributed by atoms with Gasteiger partial charge in [-0.25, -0.2) is 0 Å². The first-order valence-electron chi connectivity index (χ1n) is 7.02. The SMILES string of the molecule is Cc1cc(Br)ccc1NC(=O)CC(=O)N1CCN(C=O)CC1. The van der Waals surface area contributed by atoms with Crippen LogP contribution in [-0.4, -0.2) is 54.2 Å². The number of carbonyl (C=O) groups excluding carboxylic acids is 3. The highest BCUT2D eigenvalue weighted by Crippen LogP contribution is 2.20. The fourth-order valence-electron chi connectivity index (χ4n) is 2.29. The molecular formula is C15H18BrN3O3. The van der Waals surface area contributed by atoms with Gasteiger partial charge in [0.25, 0.3) is 0 Å². The normalized spacial score (nSPS) is 14.6. The van der Waals surface area contributed by atoms with Crippen molar-refractivity contribution in [3.05, 3.63) is 28.2 Å². The highest BCUT2D eigenvalue weighted by molar-refractivity contribution is 9.10. The molecule has 1 aromatic rings. The van der Waals surface area contributed by atoms with Crippen LogP contribution in [0.3, 0.4) is 0 Å². The summed E-state index contributed by atoms with van der Waals surface area (Å²) in [6.45, 7) is 3.87. The second-order valence-corrected chi connectivity index (χ2v) is 6.12. The summed E-state index contributed by atoms with van der Waals surface area (Å²) in [4.78, 5) is 37.9. The molecule has 1 aliphatic heterocycles. The van der Waals surface area contributed by atoms with Gasteiger partial charge >= 0.3 is 0 Å². The van der Waals surface area contributed by atoms with E-state index in [1.807, 2.05) is 19.1 Å². The predicted molar refractivity (Wildman–Crippen MR) is 86.3 cm³/mol. The molecule has 118 valence electrons. The summed E-state index contributed by atoms with van der Waals surface area (Å²) < 4.78 is 0.937. The van der Waals surface area contributed by atoms with Gasteiger partial charge in [-0.15, -0.1) is 0 Å². The lowest BCUT2D eigenvalue weighted by Crippen LogP contribution is -2.48. The number of hydrogen-bond acceptors (Lipinski definition) is 3. The number of hydrogen-bond donors (Lipinski definition) is 1. The number of aryl methyl sites for hydroxylation is 1. The number of nitrogens with one attached hydrogen (secondary N) is 1. The average Bonchev–Trinajstić information content (AvgIpc) is 2.50. The lowest BCUT2D eigenvalue weighted by molar-refractivity contribution is -0.137. The van der Waals surface area contributed by atoms with E-state index in [1.165, 1.54) is 0 Å². The molecule has 0 saturated carbocycles. The van der Waals surface area contributed by atoms with Gasteiger partial charge in [-0.3, -0.25) is 14.4 Å². The average molecular weight is 368 g/mol. The number of halogens is 1. The van der Waals surface area contributed by atoms with Crippen LogP contribution in [0.15, 0.2) is 22.7 Å². The van der Waals surface area contributed by atoms with Crippen LogP contribution < -0.4 is 5.32 Å². The van der Waals surface area contributed by atoms with Gasteiger partial charge in [-0.2, -0.15) is 0 Å². The minimum absolute atomic E-state index is 0.184. The highest BCUT2D eigenvalue weighted by Gasteiger charge is 2.22. The predicted octanol–water partition coefficient (Wildman–Crippen LogP) is 1.39. The minimum atomic E-state index is -0.326. The molecule has 0 aromatic heterocycles. The van der Waals surface area contributed by atoms with E-state index in [-0.39, 0.29) is 18.2 Å². The maximum Gasteiger partial charge on any atom is 0.233 e. The maximum absolute atomic E-state index is 12.1. The van der Waals surface area contributed by atoms with Crippen LogP contribution in [0.4, 0.5) is 5.69 Å². The molecule has 0 radical (unpaired) electrons. The zero-order valence-electron chi connectivity index (χ0n) is 12.3. The Morgan fingerprint density at radius 3 is 2.55 bits per heavy atom. The second kappa shape index (κ2) is 7.40. The molecule has 0 spiro atoms. The topological polar surface area (TPSA) is 69.7 Å². The fraction of sp³-hybridized carbons (Fsp3) is 0.400. The molecule has 1 saturated heterocycles. The van der Waals surface area contributed by atoms with Gasteiger partial charge in [0.05, 0.1) is 0 Å². The van der Waals surface area contributed by atoms with Crippen LogP contribution in [0.1, 0.15) is 12.0 Å². The van der Waals surface area contributed by atoms with Crippen molar-refractivity contribution in [1.29, 1.82) is 0 Å². The molecule has 1 heterocycles. The Kier molecular flexibility index (Phi) is 5.54. The molecule has 1 aliphatic rings. The van der Waals surface area contributed by atoms with E-state index in [0.29, 0.717) is 31.9 Å². The van der Waals surface area contributed by atoms with Crippen LogP contribution in [-0.2, 0) is 14.4 Å². The molecule has 0 atom stereocenters. The van der Waals surface area contributed by atoms with Crippen molar-refractivity contribution in [2.24, 2.45) is 0 Å². The van der Waals surface area contributed by atoms with Crippen LogP contribution >= 0.6 is 15.9 Å². The van der Waals surface area contributed by atoms with Crippen LogP contribution in [0.25, 0.3) is 0 Å². The third kappa shape index (κ3) is 4.30. The van der Waals surface area contributed by atoms with E-state index in [9.17, 15) is 14.4 Å². The monoisotopic (exact) mass is 367 g/mol. The largest absolute Gasteiger partial charge is 0.342 e. The number of nitrogens with zero attached hydrogens (tertiary/aromatic N) is 2. The molecule has 7 heteroatoms. The molecule has 1 fully saturated rings. The Morgan fingerprint density at radius 2 is 1.95 bits per heavy atom. The quantitative estimate of drug-likeness (QED) is 0.645. The number of rotatable bonds is 4. The highest BCUT2D eigenvalue weighted by atomic mass is 79.9. The zero-order valence-corrected chi connectivity index (χ0v) is 13.9. The molecule has 3 amide bonds. The first-order valence-corrected chi connectivity index (χ1v) is 7.82. The van der Waals surface area contributed by atoms with Crippen molar-refractivity contribution in [2.75, 3.05) is 31.5 Å². The standard InChI is InChI=1S/C15H18BrN3O3/c1-11-8-12(16)2-3-13(11)17-14(21)9-15(22)19-6-4-18(10-20)5-7-19/h2-3,8,10H,4-7,9H2,1H3,(H,17,21). The van der Waals surface area contributed by atoms with E-state index < -0.39 is 0 Å². The van der Waals surface area contributed by atoms with Crippen molar-refractivity contribution in [2.45, 2.75) is 13.3 Å².